The molecule has 1 atom stereocenters. The lowest BCUT2D eigenvalue weighted by Crippen LogP contribution is -2.44. The fourth-order valence-electron chi connectivity index (χ4n) is 3.86. The molecule has 0 spiro atoms. The Morgan fingerprint density at radius 1 is 0.878 bits per heavy atom. The lowest BCUT2D eigenvalue weighted by molar-refractivity contribution is -0.140. The minimum atomic E-state index is -4.14. The van der Waals surface area contributed by atoms with Crippen LogP contribution in [0.3, 0.4) is 0 Å². The van der Waals surface area contributed by atoms with Gasteiger partial charge in [0, 0.05) is 22.4 Å². The summed E-state index contributed by atoms with van der Waals surface area (Å²) in [6.07, 6.45) is 0.721. The molecular formula is C28H28N4O8S. The van der Waals surface area contributed by atoms with Crippen molar-refractivity contribution in [2.75, 3.05) is 11.6 Å². The number of benzene rings is 3. The molecule has 3 aromatic carbocycles. The molecule has 3 rings (SSSR count). The van der Waals surface area contributed by atoms with E-state index in [4.69, 9.17) is 11.1 Å². The molecule has 0 aliphatic rings. The number of carbonyl (C=O) groups is 4. The summed E-state index contributed by atoms with van der Waals surface area (Å²) in [6, 6.07) is 14.7. The maximum Gasteiger partial charge on any atom is 0.354 e. The number of amidine groups is 1. The van der Waals surface area contributed by atoms with E-state index in [0.717, 1.165) is 6.26 Å². The standard InChI is InChI=1S/C28H28N4O8S/c1-15(2)23(27(35)36)32-25(33)17-10-13-20(19-6-4-5-7-21(19)28(37)40-41(3,38)39)22(14-17)26(34)31-18-11-8-16(9-12-18)24(29)30/h4-15,23H,1-3H3,(H3,29,30)(H,31,34)(H,32,33)(H,35,36). The smallest absolute Gasteiger partial charge is 0.354 e. The van der Waals surface area contributed by atoms with E-state index in [9.17, 15) is 32.7 Å². The van der Waals surface area contributed by atoms with Crippen molar-refractivity contribution in [3.8, 4) is 11.1 Å². The minimum absolute atomic E-state index is 0.0334. The molecule has 0 aromatic heterocycles. The largest absolute Gasteiger partial charge is 0.480 e. The number of nitrogens with two attached hydrogens (primary N) is 1. The van der Waals surface area contributed by atoms with E-state index in [2.05, 4.69) is 14.8 Å². The molecular weight excluding hydrogens is 552 g/mol. The first kappa shape index (κ1) is 30.5. The van der Waals surface area contributed by atoms with Crippen molar-refractivity contribution in [3.05, 3.63) is 89.0 Å². The summed E-state index contributed by atoms with van der Waals surface area (Å²) in [5.74, 6) is -4.43. The van der Waals surface area contributed by atoms with Crippen LogP contribution in [-0.4, -0.2) is 55.4 Å². The first-order chi connectivity index (χ1) is 19.2. The number of amides is 2. The van der Waals surface area contributed by atoms with Gasteiger partial charge in [-0.2, -0.15) is 8.42 Å². The molecule has 0 saturated heterocycles. The van der Waals surface area contributed by atoms with Gasteiger partial charge in [-0.15, -0.1) is 0 Å². The summed E-state index contributed by atoms with van der Waals surface area (Å²) in [4.78, 5) is 50.8. The van der Waals surface area contributed by atoms with Gasteiger partial charge in [-0.25, -0.2) is 9.59 Å². The highest BCUT2D eigenvalue weighted by molar-refractivity contribution is 7.86. The molecule has 6 N–H and O–H groups in total. The monoisotopic (exact) mass is 580 g/mol. The second-order valence-corrected chi connectivity index (χ2v) is 10.9. The van der Waals surface area contributed by atoms with Crippen LogP contribution in [0.4, 0.5) is 5.69 Å². The highest BCUT2D eigenvalue weighted by Gasteiger charge is 2.26. The van der Waals surface area contributed by atoms with Crippen LogP contribution < -0.4 is 16.4 Å². The molecule has 2 amide bonds. The average molecular weight is 581 g/mol. The summed E-state index contributed by atoms with van der Waals surface area (Å²) in [5, 5.41) is 22.1. The lowest BCUT2D eigenvalue weighted by atomic mass is 9.93. The van der Waals surface area contributed by atoms with E-state index in [1.54, 1.807) is 19.9 Å². The Morgan fingerprint density at radius 3 is 2.02 bits per heavy atom. The third-order valence-electron chi connectivity index (χ3n) is 5.86. The maximum atomic E-state index is 13.5. The SMILES string of the molecule is CC(C)C(NC(=O)c1ccc(-c2ccccc2C(=O)OS(C)(=O)=O)c(C(=O)Nc2ccc(C(=N)N)cc2)c1)C(=O)O. The van der Waals surface area contributed by atoms with Gasteiger partial charge < -0.3 is 25.7 Å². The fourth-order valence-corrected chi connectivity index (χ4v) is 4.22. The zero-order valence-corrected chi connectivity index (χ0v) is 23.1. The number of nitrogens with one attached hydrogen (secondary N) is 3. The second-order valence-electron chi connectivity index (χ2n) is 9.36. The van der Waals surface area contributed by atoms with Crippen LogP contribution in [0.2, 0.25) is 0 Å². The number of carbonyl (C=O) groups excluding carboxylic acids is 3. The van der Waals surface area contributed by atoms with Gasteiger partial charge in [0.2, 0.25) is 0 Å². The Balaban J connectivity index is 2.12. The highest BCUT2D eigenvalue weighted by Crippen LogP contribution is 2.30. The summed E-state index contributed by atoms with van der Waals surface area (Å²) >= 11 is 0. The van der Waals surface area contributed by atoms with Crippen molar-refractivity contribution in [2.45, 2.75) is 19.9 Å². The van der Waals surface area contributed by atoms with Crippen molar-refractivity contribution in [2.24, 2.45) is 11.7 Å². The second kappa shape index (κ2) is 12.4. The van der Waals surface area contributed by atoms with Gasteiger partial charge in [0.15, 0.2) is 0 Å². The van der Waals surface area contributed by atoms with Crippen LogP contribution in [0.5, 0.6) is 0 Å². The molecule has 0 aliphatic heterocycles. The van der Waals surface area contributed by atoms with Crippen LogP contribution in [0, 0.1) is 11.3 Å². The Kier molecular flexibility index (Phi) is 9.24. The Morgan fingerprint density at radius 2 is 1.46 bits per heavy atom. The van der Waals surface area contributed by atoms with Gasteiger partial charge in [-0.1, -0.05) is 38.1 Å². The summed E-state index contributed by atoms with van der Waals surface area (Å²) in [6.45, 7) is 3.26. The molecule has 41 heavy (non-hydrogen) atoms. The summed E-state index contributed by atoms with van der Waals surface area (Å²) in [7, 11) is -4.14. The molecule has 0 aliphatic carbocycles. The van der Waals surface area contributed by atoms with Crippen molar-refractivity contribution < 1.29 is 36.9 Å². The zero-order chi connectivity index (χ0) is 30.5. The minimum Gasteiger partial charge on any atom is -0.480 e. The molecule has 1 unspecified atom stereocenters. The maximum absolute atomic E-state index is 13.5. The van der Waals surface area contributed by atoms with E-state index in [1.807, 2.05) is 0 Å². The molecule has 0 bridgehead atoms. The molecule has 214 valence electrons. The Labute approximate surface area is 236 Å². The zero-order valence-electron chi connectivity index (χ0n) is 22.3. The number of nitrogen functional groups attached to an aromatic ring is 1. The van der Waals surface area contributed by atoms with Crippen LogP contribution in [-0.2, 0) is 19.1 Å². The van der Waals surface area contributed by atoms with E-state index in [-0.39, 0.29) is 33.7 Å². The van der Waals surface area contributed by atoms with E-state index in [1.165, 1.54) is 60.7 Å². The predicted molar refractivity (Wildman–Crippen MR) is 151 cm³/mol. The van der Waals surface area contributed by atoms with Crippen molar-refractivity contribution in [1.29, 1.82) is 5.41 Å². The average Bonchev–Trinajstić information content (AvgIpc) is 2.90. The molecule has 0 saturated carbocycles. The van der Waals surface area contributed by atoms with Crippen molar-refractivity contribution >= 4 is 45.4 Å². The molecule has 0 radical (unpaired) electrons. The highest BCUT2D eigenvalue weighted by atomic mass is 32.2. The quantitative estimate of drug-likeness (QED) is 0.136. The number of hydrogen-bond acceptors (Lipinski definition) is 8. The van der Waals surface area contributed by atoms with Gasteiger partial charge in [0.05, 0.1) is 11.8 Å². The fraction of sp³-hybridized carbons (Fsp3) is 0.179. The summed E-state index contributed by atoms with van der Waals surface area (Å²) < 4.78 is 27.7. The van der Waals surface area contributed by atoms with Gasteiger partial charge in [0.1, 0.15) is 11.9 Å². The van der Waals surface area contributed by atoms with E-state index in [0.29, 0.717) is 11.3 Å². The third-order valence-corrected chi connectivity index (χ3v) is 6.32. The predicted octanol–water partition coefficient (Wildman–Crippen LogP) is 2.85. The lowest BCUT2D eigenvalue weighted by Gasteiger charge is -2.19. The molecule has 12 nitrogen and oxygen atoms in total. The molecule has 0 fully saturated rings. The number of carboxylic acid groups (broad SMARTS) is 1. The van der Waals surface area contributed by atoms with E-state index < -0.39 is 45.8 Å². The number of anilines is 1. The van der Waals surface area contributed by atoms with Crippen molar-refractivity contribution in [1.82, 2.24) is 5.32 Å². The van der Waals surface area contributed by atoms with Gasteiger partial charge >= 0.3 is 22.1 Å². The topological polar surface area (TPSA) is 206 Å². The van der Waals surface area contributed by atoms with Crippen molar-refractivity contribution in [3.63, 3.8) is 0 Å². The number of aliphatic carboxylic acids is 1. The molecule has 0 heterocycles. The molecule has 13 heteroatoms. The first-order valence-electron chi connectivity index (χ1n) is 12.1. The van der Waals surface area contributed by atoms with Gasteiger partial charge in [0.25, 0.3) is 11.8 Å². The van der Waals surface area contributed by atoms with Gasteiger partial charge in [-0.05, 0) is 59.5 Å². The summed E-state index contributed by atoms with van der Waals surface area (Å²) in [5.41, 5.74) is 6.29. The number of carboxylic acids is 1. The third kappa shape index (κ3) is 7.76. The Bertz CT molecular complexity index is 1630. The first-order valence-corrected chi connectivity index (χ1v) is 14.0. The Hall–Kier alpha value is -5.04. The number of hydrogen-bond donors (Lipinski definition) is 5. The molecule has 3 aromatic rings. The van der Waals surface area contributed by atoms with E-state index >= 15 is 0 Å². The normalized spacial score (nSPS) is 11.8. The van der Waals surface area contributed by atoms with Crippen LogP contribution in [0.25, 0.3) is 11.1 Å². The van der Waals surface area contributed by atoms with Crippen LogP contribution in [0.1, 0.15) is 50.5 Å². The van der Waals surface area contributed by atoms with Gasteiger partial charge in [-0.3, -0.25) is 15.0 Å². The number of rotatable bonds is 10. The van der Waals surface area contributed by atoms with Crippen LogP contribution in [0.15, 0.2) is 66.7 Å². The van der Waals surface area contributed by atoms with Crippen LogP contribution >= 0.6 is 0 Å².